The average molecular weight is 1080 g/mol. The Kier molecular flexibility index (Phi) is 63.2. The van der Waals surface area contributed by atoms with Gasteiger partial charge in [-0.2, -0.15) is 0 Å². The monoisotopic (exact) mass is 1080 g/mol. The van der Waals surface area contributed by atoms with Gasteiger partial charge in [0.2, 0.25) is 0 Å². The first-order valence-electron chi connectivity index (χ1n) is 33.8. The maximum absolute atomic E-state index is 12.9. The van der Waals surface area contributed by atoms with E-state index >= 15 is 0 Å². The molecule has 0 aliphatic heterocycles. The smallest absolute Gasteiger partial charge is 0.306 e. The molecular weight excluding hydrogens is 949 g/mol. The minimum absolute atomic E-state index is 0.0736. The lowest BCUT2D eigenvalue weighted by molar-refractivity contribution is -0.167. The van der Waals surface area contributed by atoms with Crippen LogP contribution in [0.2, 0.25) is 0 Å². The number of carbonyl (C=O) groups is 3. The number of hydrogen-bond donors (Lipinski definition) is 0. The molecule has 0 heterocycles. The van der Waals surface area contributed by atoms with Crippen LogP contribution in [-0.4, -0.2) is 37.2 Å². The van der Waals surface area contributed by atoms with E-state index in [0.29, 0.717) is 19.3 Å². The van der Waals surface area contributed by atoms with Crippen molar-refractivity contribution in [3.63, 3.8) is 0 Å². The predicted octanol–water partition coefficient (Wildman–Crippen LogP) is 23.1. The first-order chi connectivity index (χ1) is 38.0. The van der Waals surface area contributed by atoms with Crippen LogP contribution in [0.1, 0.15) is 355 Å². The number of carbonyl (C=O) groups excluding carboxylic acids is 3. The van der Waals surface area contributed by atoms with E-state index in [1.807, 2.05) is 0 Å². The van der Waals surface area contributed by atoms with Crippen LogP contribution in [-0.2, 0) is 28.6 Å². The highest BCUT2D eigenvalue weighted by molar-refractivity contribution is 5.71. The number of allylic oxidation sites excluding steroid dienone is 10. The van der Waals surface area contributed by atoms with Crippen LogP contribution in [0.25, 0.3) is 0 Å². The largest absolute Gasteiger partial charge is 0.462 e. The van der Waals surface area contributed by atoms with Gasteiger partial charge in [-0.15, -0.1) is 0 Å². The first-order valence-corrected chi connectivity index (χ1v) is 33.8. The van der Waals surface area contributed by atoms with Gasteiger partial charge in [-0.1, -0.05) is 313 Å². The molecule has 0 N–H and O–H groups in total. The van der Waals surface area contributed by atoms with E-state index in [1.165, 1.54) is 225 Å². The van der Waals surface area contributed by atoms with Crippen molar-refractivity contribution in [2.75, 3.05) is 13.2 Å². The average Bonchev–Trinajstić information content (AvgIpc) is 3.43. The Balaban J connectivity index is 4.35. The van der Waals surface area contributed by atoms with Gasteiger partial charge in [0, 0.05) is 19.3 Å². The summed E-state index contributed by atoms with van der Waals surface area (Å²) < 4.78 is 17.0. The lowest BCUT2D eigenvalue weighted by Gasteiger charge is -2.18. The van der Waals surface area contributed by atoms with Crippen LogP contribution < -0.4 is 0 Å². The summed E-state index contributed by atoms with van der Waals surface area (Å²) in [5.74, 6) is -0.861. The Morgan fingerprint density at radius 1 is 0.273 bits per heavy atom. The predicted molar refractivity (Wildman–Crippen MR) is 335 cm³/mol. The van der Waals surface area contributed by atoms with Crippen LogP contribution >= 0.6 is 0 Å². The van der Waals surface area contributed by atoms with Gasteiger partial charge >= 0.3 is 17.9 Å². The van der Waals surface area contributed by atoms with Crippen molar-refractivity contribution < 1.29 is 28.6 Å². The summed E-state index contributed by atoms with van der Waals surface area (Å²) in [6.45, 7) is 6.58. The Hall–Kier alpha value is -2.89. The molecule has 6 heteroatoms. The molecule has 0 aliphatic carbocycles. The molecule has 0 bridgehead atoms. The third kappa shape index (κ3) is 63.8. The van der Waals surface area contributed by atoms with Crippen molar-refractivity contribution in [3.8, 4) is 0 Å². The number of esters is 3. The van der Waals surface area contributed by atoms with Crippen LogP contribution in [0.4, 0.5) is 0 Å². The second-order valence-electron chi connectivity index (χ2n) is 22.7. The molecule has 0 aliphatic rings. The minimum atomic E-state index is -0.778. The van der Waals surface area contributed by atoms with E-state index in [1.54, 1.807) is 0 Å². The summed E-state index contributed by atoms with van der Waals surface area (Å²) in [5.41, 5.74) is 0. The maximum Gasteiger partial charge on any atom is 0.306 e. The Morgan fingerprint density at radius 3 is 0.805 bits per heavy atom. The Bertz CT molecular complexity index is 1380. The molecule has 0 spiro atoms. The summed E-state index contributed by atoms with van der Waals surface area (Å²) in [6.07, 6.45) is 83.7. The fraction of sp³-hybridized carbons (Fsp3) is 0.817. The van der Waals surface area contributed by atoms with Gasteiger partial charge < -0.3 is 14.2 Å². The molecule has 0 aromatic rings. The SMILES string of the molecule is CC/C=C\C/C=C\C/C=C\C/C=C\CCCCCCCCCCC(=O)OCC(COC(=O)CCCCCCCCCCCCCCCCCCC)OC(=O)CCCCCCCCCCC/C=C\CCCCCCCCCC. The van der Waals surface area contributed by atoms with E-state index in [2.05, 4.69) is 81.5 Å². The van der Waals surface area contributed by atoms with Crippen molar-refractivity contribution >= 4 is 17.9 Å². The fourth-order valence-electron chi connectivity index (χ4n) is 9.96. The molecule has 77 heavy (non-hydrogen) atoms. The lowest BCUT2D eigenvalue weighted by Crippen LogP contribution is -2.30. The van der Waals surface area contributed by atoms with Gasteiger partial charge in [-0.05, 0) is 83.5 Å². The van der Waals surface area contributed by atoms with Crippen molar-refractivity contribution in [2.24, 2.45) is 0 Å². The molecule has 0 aromatic carbocycles. The Labute approximate surface area is 479 Å². The lowest BCUT2D eigenvalue weighted by atomic mass is 10.0. The molecule has 0 saturated carbocycles. The van der Waals surface area contributed by atoms with Crippen molar-refractivity contribution in [1.29, 1.82) is 0 Å². The molecule has 0 rings (SSSR count). The normalized spacial score (nSPS) is 12.4. The molecule has 0 fully saturated rings. The molecular formula is C71H128O6. The molecule has 448 valence electrons. The Morgan fingerprint density at radius 2 is 0.506 bits per heavy atom. The summed E-state index contributed by atoms with van der Waals surface area (Å²) in [7, 11) is 0. The van der Waals surface area contributed by atoms with Gasteiger partial charge in [0.25, 0.3) is 0 Å². The number of rotatable bonds is 62. The summed E-state index contributed by atoms with van der Waals surface area (Å²) >= 11 is 0. The van der Waals surface area contributed by atoms with Crippen molar-refractivity contribution in [1.82, 2.24) is 0 Å². The van der Waals surface area contributed by atoms with E-state index < -0.39 is 6.10 Å². The third-order valence-electron chi connectivity index (χ3n) is 15.0. The highest BCUT2D eigenvalue weighted by atomic mass is 16.6. The van der Waals surface area contributed by atoms with E-state index in [4.69, 9.17) is 14.2 Å². The number of unbranched alkanes of at least 4 members (excludes halogenated alkanes) is 41. The zero-order valence-corrected chi connectivity index (χ0v) is 51.5. The first kappa shape index (κ1) is 74.1. The van der Waals surface area contributed by atoms with E-state index in [0.717, 1.165) is 89.9 Å². The van der Waals surface area contributed by atoms with Gasteiger partial charge in [-0.25, -0.2) is 0 Å². The molecule has 0 saturated heterocycles. The van der Waals surface area contributed by atoms with Gasteiger partial charge in [0.15, 0.2) is 6.10 Å². The van der Waals surface area contributed by atoms with Crippen molar-refractivity contribution in [2.45, 2.75) is 361 Å². The molecule has 6 nitrogen and oxygen atoms in total. The second-order valence-corrected chi connectivity index (χ2v) is 22.7. The highest BCUT2D eigenvalue weighted by Crippen LogP contribution is 2.18. The maximum atomic E-state index is 12.9. The summed E-state index contributed by atoms with van der Waals surface area (Å²) in [4.78, 5) is 38.4. The molecule has 0 radical (unpaired) electrons. The van der Waals surface area contributed by atoms with Gasteiger partial charge in [-0.3, -0.25) is 14.4 Å². The zero-order chi connectivity index (χ0) is 55.7. The van der Waals surface area contributed by atoms with E-state index in [-0.39, 0.29) is 31.1 Å². The minimum Gasteiger partial charge on any atom is -0.462 e. The summed E-state index contributed by atoms with van der Waals surface area (Å²) in [6, 6.07) is 0. The fourth-order valence-corrected chi connectivity index (χ4v) is 9.96. The standard InChI is InChI=1S/C71H128O6/c1-4-7-10-13-16-19-22-25-28-31-33-35-37-40-43-46-49-52-55-58-61-64-70(73)76-67-68(66-75-69(72)63-60-57-54-51-48-45-42-39-30-27-24-21-18-15-12-9-6-3)77-71(74)65-62-59-56-53-50-47-44-41-38-36-34-32-29-26-23-20-17-14-11-8-5-2/h7,10,16,19,25,28,32-35,68H,4-6,8-9,11-15,17-18,20-24,26-27,29-31,36-67H2,1-3H3/b10-7-,19-16-,28-25-,34-32-,35-33-. The highest BCUT2D eigenvalue weighted by Gasteiger charge is 2.19. The topological polar surface area (TPSA) is 78.9 Å². The molecule has 1 atom stereocenters. The second kappa shape index (κ2) is 65.6. The summed E-state index contributed by atoms with van der Waals surface area (Å²) in [5, 5.41) is 0. The van der Waals surface area contributed by atoms with Gasteiger partial charge in [0.1, 0.15) is 13.2 Å². The van der Waals surface area contributed by atoms with Crippen LogP contribution in [0, 0.1) is 0 Å². The third-order valence-corrected chi connectivity index (χ3v) is 15.0. The van der Waals surface area contributed by atoms with Crippen LogP contribution in [0.3, 0.4) is 0 Å². The molecule has 0 amide bonds. The zero-order valence-electron chi connectivity index (χ0n) is 51.5. The van der Waals surface area contributed by atoms with Crippen LogP contribution in [0.15, 0.2) is 60.8 Å². The van der Waals surface area contributed by atoms with E-state index in [9.17, 15) is 14.4 Å². The molecule has 0 aromatic heterocycles. The number of hydrogen-bond acceptors (Lipinski definition) is 6. The number of ether oxygens (including phenoxy) is 3. The van der Waals surface area contributed by atoms with Gasteiger partial charge in [0.05, 0.1) is 0 Å². The van der Waals surface area contributed by atoms with Crippen LogP contribution in [0.5, 0.6) is 0 Å². The quantitative estimate of drug-likeness (QED) is 0.0261. The van der Waals surface area contributed by atoms with Crippen molar-refractivity contribution in [3.05, 3.63) is 60.8 Å². The molecule has 1 unspecified atom stereocenters.